The maximum absolute atomic E-state index is 10.5. The fourth-order valence-corrected chi connectivity index (χ4v) is 2.27. The van der Waals surface area contributed by atoms with Gasteiger partial charge in [0.2, 0.25) is 0 Å². The number of hydrogen-bond donors (Lipinski definition) is 1. The van der Waals surface area contributed by atoms with Crippen LogP contribution in [0.2, 0.25) is 5.02 Å². The fourth-order valence-electron chi connectivity index (χ4n) is 1.41. The third kappa shape index (κ3) is 2.25. The standard InChI is InChI=1S/C9H9ClN4O2S/c1-5-8(10)9(11)13(12-5)3-6-2-7(14(15)16)17-4-6/h2,4H,3,11H2,1H3. The second kappa shape index (κ2) is 4.34. The molecule has 17 heavy (non-hydrogen) atoms. The molecule has 0 bridgehead atoms. The molecule has 0 amide bonds. The minimum absolute atomic E-state index is 0.105. The van der Waals surface area contributed by atoms with Crippen LogP contribution in [0.25, 0.3) is 0 Å². The summed E-state index contributed by atoms with van der Waals surface area (Å²) in [5.41, 5.74) is 7.19. The van der Waals surface area contributed by atoms with Gasteiger partial charge in [0.1, 0.15) is 10.8 Å². The van der Waals surface area contributed by atoms with Gasteiger partial charge >= 0.3 is 5.00 Å². The molecule has 0 atom stereocenters. The first kappa shape index (κ1) is 11.9. The first-order valence-electron chi connectivity index (χ1n) is 4.69. The summed E-state index contributed by atoms with van der Waals surface area (Å²) < 4.78 is 1.53. The van der Waals surface area contributed by atoms with E-state index in [1.54, 1.807) is 12.3 Å². The molecule has 8 heteroatoms. The summed E-state index contributed by atoms with van der Waals surface area (Å²) in [4.78, 5) is 10.1. The van der Waals surface area contributed by atoms with E-state index in [0.717, 1.165) is 16.9 Å². The maximum atomic E-state index is 10.5. The zero-order valence-corrected chi connectivity index (χ0v) is 10.5. The van der Waals surface area contributed by atoms with Gasteiger partial charge in [0, 0.05) is 11.4 Å². The molecular weight excluding hydrogens is 264 g/mol. The van der Waals surface area contributed by atoms with Crippen molar-refractivity contribution in [2.24, 2.45) is 0 Å². The monoisotopic (exact) mass is 272 g/mol. The molecule has 2 heterocycles. The molecule has 0 aliphatic rings. The highest BCUT2D eigenvalue weighted by atomic mass is 35.5. The maximum Gasteiger partial charge on any atom is 0.324 e. The van der Waals surface area contributed by atoms with Crippen LogP contribution in [0.4, 0.5) is 10.8 Å². The van der Waals surface area contributed by atoms with Gasteiger partial charge in [-0.3, -0.25) is 10.1 Å². The van der Waals surface area contributed by atoms with Gasteiger partial charge in [-0.05, 0) is 12.5 Å². The Labute approximate surface area is 106 Å². The lowest BCUT2D eigenvalue weighted by molar-refractivity contribution is -0.380. The Morgan fingerprint density at radius 3 is 2.88 bits per heavy atom. The van der Waals surface area contributed by atoms with Crippen molar-refractivity contribution in [3.63, 3.8) is 0 Å². The Hall–Kier alpha value is -1.60. The molecule has 0 unspecified atom stereocenters. The van der Waals surface area contributed by atoms with E-state index in [1.165, 1.54) is 10.7 Å². The Kier molecular flexibility index (Phi) is 3.03. The lowest BCUT2D eigenvalue weighted by Gasteiger charge is -2.00. The van der Waals surface area contributed by atoms with Gasteiger partial charge in [-0.25, -0.2) is 4.68 Å². The highest BCUT2D eigenvalue weighted by molar-refractivity contribution is 7.13. The van der Waals surface area contributed by atoms with Gasteiger partial charge in [0.25, 0.3) is 0 Å². The van der Waals surface area contributed by atoms with Crippen molar-refractivity contribution in [2.75, 3.05) is 5.73 Å². The zero-order chi connectivity index (χ0) is 12.6. The summed E-state index contributed by atoms with van der Waals surface area (Å²) in [5, 5.41) is 16.9. The smallest absolute Gasteiger partial charge is 0.324 e. The lowest BCUT2D eigenvalue weighted by atomic mass is 10.3. The van der Waals surface area contributed by atoms with Crippen LogP contribution in [0.5, 0.6) is 0 Å². The molecule has 0 spiro atoms. The molecular formula is C9H9ClN4O2S. The average molecular weight is 273 g/mol. The van der Waals surface area contributed by atoms with E-state index >= 15 is 0 Å². The predicted octanol–water partition coefficient (Wildman–Crippen LogP) is 2.45. The number of nitrogen functional groups attached to an aromatic ring is 1. The molecule has 0 saturated heterocycles. The van der Waals surface area contributed by atoms with Gasteiger partial charge < -0.3 is 5.73 Å². The van der Waals surface area contributed by atoms with E-state index < -0.39 is 4.92 Å². The van der Waals surface area contributed by atoms with Gasteiger partial charge in [-0.15, -0.1) is 0 Å². The van der Waals surface area contributed by atoms with Crippen LogP contribution in [-0.2, 0) is 6.54 Å². The van der Waals surface area contributed by atoms with E-state index in [2.05, 4.69) is 5.10 Å². The number of halogens is 1. The third-order valence-electron chi connectivity index (χ3n) is 2.24. The summed E-state index contributed by atoms with van der Waals surface area (Å²) in [5.74, 6) is 0.373. The van der Waals surface area contributed by atoms with E-state index in [4.69, 9.17) is 17.3 Å². The first-order valence-corrected chi connectivity index (χ1v) is 5.95. The topological polar surface area (TPSA) is 87.0 Å². The van der Waals surface area contributed by atoms with Crippen LogP contribution in [-0.4, -0.2) is 14.7 Å². The minimum Gasteiger partial charge on any atom is -0.383 e. The number of rotatable bonds is 3. The molecule has 90 valence electrons. The molecule has 0 aromatic carbocycles. The summed E-state index contributed by atoms with van der Waals surface area (Å²) in [7, 11) is 0. The molecule has 6 nitrogen and oxygen atoms in total. The van der Waals surface area contributed by atoms with Gasteiger partial charge in [0.15, 0.2) is 0 Å². The van der Waals surface area contributed by atoms with E-state index in [9.17, 15) is 10.1 Å². The normalized spacial score (nSPS) is 10.7. The van der Waals surface area contributed by atoms with E-state index in [-0.39, 0.29) is 5.00 Å². The summed E-state index contributed by atoms with van der Waals surface area (Å²) in [6, 6.07) is 1.51. The van der Waals surface area contributed by atoms with Crippen LogP contribution in [0, 0.1) is 17.0 Å². The van der Waals surface area contributed by atoms with Crippen LogP contribution in [0.1, 0.15) is 11.3 Å². The van der Waals surface area contributed by atoms with E-state index in [1.807, 2.05) is 0 Å². The Balaban J connectivity index is 2.25. The number of aryl methyl sites for hydroxylation is 1. The average Bonchev–Trinajstić information content (AvgIpc) is 2.82. The van der Waals surface area contributed by atoms with Gasteiger partial charge in [-0.1, -0.05) is 22.9 Å². The zero-order valence-electron chi connectivity index (χ0n) is 8.88. The molecule has 2 aromatic heterocycles. The quantitative estimate of drug-likeness (QED) is 0.687. The van der Waals surface area contributed by atoms with Gasteiger partial charge in [-0.2, -0.15) is 5.10 Å². The largest absolute Gasteiger partial charge is 0.383 e. The van der Waals surface area contributed by atoms with Gasteiger partial charge in [0.05, 0.1) is 17.2 Å². The molecule has 0 radical (unpaired) electrons. The van der Waals surface area contributed by atoms with E-state index in [0.29, 0.717) is 23.1 Å². The first-order chi connectivity index (χ1) is 7.99. The molecule has 2 aromatic rings. The molecule has 2 rings (SSSR count). The highest BCUT2D eigenvalue weighted by Crippen LogP contribution is 2.26. The van der Waals surface area contributed by atoms with Crippen molar-refractivity contribution in [3.8, 4) is 0 Å². The molecule has 2 N–H and O–H groups in total. The predicted molar refractivity (Wildman–Crippen MR) is 66.5 cm³/mol. The number of nitro groups is 1. The molecule has 0 saturated carbocycles. The molecule has 0 aliphatic heterocycles. The Bertz CT molecular complexity index is 578. The Morgan fingerprint density at radius 1 is 1.71 bits per heavy atom. The summed E-state index contributed by atoms with van der Waals surface area (Å²) >= 11 is 6.99. The highest BCUT2D eigenvalue weighted by Gasteiger charge is 2.13. The number of aromatic nitrogens is 2. The molecule has 0 aliphatic carbocycles. The SMILES string of the molecule is Cc1nn(Cc2csc([N+](=O)[O-])c2)c(N)c1Cl. The number of nitrogens with two attached hydrogens (primary N) is 1. The summed E-state index contributed by atoms with van der Waals surface area (Å²) in [6.45, 7) is 2.13. The number of anilines is 1. The van der Waals surface area contributed by atoms with Crippen molar-refractivity contribution in [2.45, 2.75) is 13.5 Å². The van der Waals surface area contributed by atoms with Crippen molar-refractivity contribution in [3.05, 3.63) is 37.8 Å². The number of thiophene rings is 1. The van der Waals surface area contributed by atoms with Crippen molar-refractivity contribution < 1.29 is 4.92 Å². The van der Waals surface area contributed by atoms with Crippen LogP contribution < -0.4 is 5.73 Å². The second-order valence-corrected chi connectivity index (χ2v) is 4.76. The van der Waals surface area contributed by atoms with Crippen molar-refractivity contribution in [1.82, 2.24) is 9.78 Å². The summed E-state index contributed by atoms with van der Waals surface area (Å²) in [6.07, 6.45) is 0. The third-order valence-corrected chi connectivity index (χ3v) is 3.64. The fraction of sp³-hybridized carbons (Fsp3) is 0.222. The van der Waals surface area contributed by atoms with Crippen LogP contribution in [0.3, 0.4) is 0 Å². The van der Waals surface area contributed by atoms with Crippen LogP contribution in [0.15, 0.2) is 11.4 Å². The Morgan fingerprint density at radius 2 is 2.41 bits per heavy atom. The second-order valence-electron chi connectivity index (χ2n) is 3.49. The number of nitrogens with zero attached hydrogens (tertiary/aromatic N) is 3. The minimum atomic E-state index is -0.418. The van der Waals surface area contributed by atoms with Crippen LogP contribution >= 0.6 is 22.9 Å². The number of hydrogen-bond acceptors (Lipinski definition) is 5. The van der Waals surface area contributed by atoms with Crippen molar-refractivity contribution >= 4 is 33.8 Å². The lowest BCUT2D eigenvalue weighted by Crippen LogP contribution is -2.05. The van der Waals surface area contributed by atoms with Crippen molar-refractivity contribution in [1.29, 1.82) is 0 Å². The molecule has 0 fully saturated rings.